The van der Waals surface area contributed by atoms with E-state index in [1.165, 1.54) is 22.4 Å². The fourth-order valence-corrected chi connectivity index (χ4v) is 2.67. The Labute approximate surface area is 123 Å². The van der Waals surface area contributed by atoms with Crippen LogP contribution < -0.4 is 4.90 Å². The van der Waals surface area contributed by atoms with Crippen LogP contribution in [-0.4, -0.2) is 18.6 Å². The van der Waals surface area contributed by atoms with Crippen LogP contribution in [0, 0.1) is 6.92 Å². The highest BCUT2D eigenvalue weighted by Gasteiger charge is 2.04. The summed E-state index contributed by atoms with van der Waals surface area (Å²) in [5, 5.41) is 0.917. The quantitative estimate of drug-likeness (QED) is 0.776. The molecule has 1 aromatic heterocycles. The Morgan fingerprint density at radius 1 is 1.16 bits per heavy atom. The average Bonchev–Trinajstić information content (AvgIpc) is 2.45. The molecule has 0 saturated carbocycles. The Bertz CT molecular complexity index is 526. The summed E-state index contributed by atoms with van der Waals surface area (Å²) >= 11 is 3.51. The topological polar surface area (TPSA) is 16.1 Å². The van der Waals surface area contributed by atoms with Gasteiger partial charge in [-0.3, -0.25) is 4.98 Å². The van der Waals surface area contributed by atoms with Crippen molar-refractivity contribution in [2.75, 3.05) is 18.5 Å². The summed E-state index contributed by atoms with van der Waals surface area (Å²) in [6, 6.07) is 10.8. The molecule has 2 nitrogen and oxygen atoms in total. The van der Waals surface area contributed by atoms with Gasteiger partial charge in [0, 0.05) is 37.0 Å². The first kappa shape index (κ1) is 14.1. The summed E-state index contributed by atoms with van der Waals surface area (Å²) in [6.07, 6.45) is 4.74. The Morgan fingerprint density at radius 2 is 1.89 bits per heavy atom. The predicted molar refractivity (Wildman–Crippen MR) is 85.0 cm³/mol. The molecular formula is C16H19BrN2. The van der Waals surface area contributed by atoms with Crippen LogP contribution in [0.25, 0.3) is 0 Å². The van der Waals surface area contributed by atoms with Gasteiger partial charge in [-0.25, -0.2) is 0 Å². The van der Waals surface area contributed by atoms with Gasteiger partial charge in [0.1, 0.15) is 0 Å². The van der Waals surface area contributed by atoms with E-state index in [1.54, 1.807) is 0 Å². The number of alkyl halides is 1. The van der Waals surface area contributed by atoms with Gasteiger partial charge in [-0.15, -0.1) is 0 Å². The van der Waals surface area contributed by atoms with Crippen LogP contribution in [0.5, 0.6) is 0 Å². The molecule has 0 N–H and O–H groups in total. The van der Waals surface area contributed by atoms with E-state index < -0.39 is 0 Å². The standard InChI is InChI=1S/C16H19BrN2/c1-13-11-16(4-3-15(13)12-17)19(2)10-7-14-5-8-18-9-6-14/h3-6,8-9,11H,7,10,12H2,1-2H3. The summed E-state index contributed by atoms with van der Waals surface area (Å²) < 4.78 is 0. The molecule has 0 fully saturated rings. The lowest BCUT2D eigenvalue weighted by atomic mass is 10.1. The molecule has 0 bridgehead atoms. The summed E-state index contributed by atoms with van der Waals surface area (Å²) in [5.41, 5.74) is 5.29. The minimum atomic E-state index is 0.917. The number of hydrogen-bond donors (Lipinski definition) is 0. The molecule has 0 aliphatic carbocycles. The Morgan fingerprint density at radius 3 is 2.53 bits per heavy atom. The van der Waals surface area contributed by atoms with E-state index in [2.05, 4.69) is 70.1 Å². The highest BCUT2D eigenvalue weighted by Crippen LogP contribution is 2.20. The fourth-order valence-electron chi connectivity index (χ4n) is 2.04. The number of nitrogens with zero attached hydrogens (tertiary/aromatic N) is 2. The smallest absolute Gasteiger partial charge is 0.0366 e. The number of aryl methyl sites for hydroxylation is 1. The molecule has 0 unspecified atom stereocenters. The molecule has 2 rings (SSSR count). The highest BCUT2D eigenvalue weighted by molar-refractivity contribution is 9.08. The van der Waals surface area contributed by atoms with Gasteiger partial charge in [-0.1, -0.05) is 22.0 Å². The molecule has 0 spiro atoms. The minimum absolute atomic E-state index is 0.917. The normalized spacial score (nSPS) is 10.5. The molecule has 100 valence electrons. The molecule has 0 aliphatic rings. The van der Waals surface area contributed by atoms with Gasteiger partial charge in [0.2, 0.25) is 0 Å². The van der Waals surface area contributed by atoms with E-state index in [4.69, 9.17) is 0 Å². The first-order chi connectivity index (χ1) is 9.20. The molecule has 1 heterocycles. The Balaban J connectivity index is 2.00. The Hall–Kier alpha value is -1.35. The monoisotopic (exact) mass is 318 g/mol. The zero-order valence-corrected chi connectivity index (χ0v) is 13.0. The van der Waals surface area contributed by atoms with Crippen LogP contribution in [0.15, 0.2) is 42.7 Å². The maximum atomic E-state index is 4.04. The van der Waals surface area contributed by atoms with Crippen molar-refractivity contribution in [2.45, 2.75) is 18.7 Å². The Kier molecular flexibility index (Phi) is 4.97. The van der Waals surface area contributed by atoms with Gasteiger partial charge in [0.25, 0.3) is 0 Å². The van der Waals surface area contributed by atoms with E-state index >= 15 is 0 Å². The van der Waals surface area contributed by atoms with E-state index in [-0.39, 0.29) is 0 Å². The summed E-state index contributed by atoms with van der Waals surface area (Å²) in [6.45, 7) is 3.17. The number of pyridine rings is 1. The van der Waals surface area contributed by atoms with E-state index in [1.807, 2.05) is 12.4 Å². The second-order valence-electron chi connectivity index (χ2n) is 4.77. The number of hydrogen-bond acceptors (Lipinski definition) is 2. The van der Waals surface area contributed by atoms with Gasteiger partial charge in [0.05, 0.1) is 0 Å². The second kappa shape index (κ2) is 6.71. The molecule has 1 aromatic carbocycles. The summed E-state index contributed by atoms with van der Waals surface area (Å²) in [7, 11) is 2.14. The zero-order valence-electron chi connectivity index (χ0n) is 11.4. The zero-order chi connectivity index (χ0) is 13.7. The fraction of sp³-hybridized carbons (Fsp3) is 0.312. The molecule has 2 aromatic rings. The maximum Gasteiger partial charge on any atom is 0.0366 e. The van der Waals surface area contributed by atoms with Crippen molar-refractivity contribution >= 4 is 21.6 Å². The number of likely N-dealkylation sites (N-methyl/N-ethyl adjacent to an activating group) is 1. The third-order valence-corrected chi connectivity index (χ3v) is 4.00. The van der Waals surface area contributed by atoms with Gasteiger partial charge in [-0.05, 0) is 54.3 Å². The lowest BCUT2D eigenvalue weighted by molar-refractivity contribution is 0.874. The molecule has 0 radical (unpaired) electrons. The van der Waals surface area contributed by atoms with E-state index in [0.29, 0.717) is 0 Å². The number of aromatic nitrogens is 1. The van der Waals surface area contributed by atoms with Crippen LogP contribution in [-0.2, 0) is 11.8 Å². The summed E-state index contributed by atoms with van der Waals surface area (Å²) in [4.78, 5) is 6.34. The largest absolute Gasteiger partial charge is 0.374 e. The van der Waals surface area contributed by atoms with Gasteiger partial charge in [0.15, 0.2) is 0 Å². The predicted octanol–water partition coefficient (Wildman–Crippen LogP) is 3.96. The molecule has 0 saturated heterocycles. The van der Waals surface area contributed by atoms with Crippen LogP contribution in [0.3, 0.4) is 0 Å². The van der Waals surface area contributed by atoms with Crippen LogP contribution in [0.4, 0.5) is 5.69 Å². The lowest BCUT2D eigenvalue weighted by Gasteiger charge is -2.20. The van der Waals surface area contributed by atoms with Gasteiger partial charge in [-0.2, -0.15) is 0 Å². The van der Waals surface area contributed by atoms with Crippen LogP contribution >= 0.6 is 15.9 Å². The molecular weight excluding hydrogens is 300 g/mol. The lowest BCUT2D eigenvalue weighted by Crippen LogP contribution is -2.20. The molecule has 0 atom stereocenters. The second-order valence-corrected chi connectivity index (χ2v) is 5.33. The van der Waals surface area contributed by atoms with E-state index in [9.17, 15) is 0 Å². The van der Waals surface area contributed by atoms with Crippen molar-refractivity contribution in [1.82, 2.24) is 4.98 Å². The number of anilines is 1. The molecule has 0 aliphatic heterocycles. The van der Waals surface area contributed by atoms with Crippen molar-refractivity contribution in [2.24, 2.45) is 0 Å². The van der Waals surface area contributed by atoms with Crippen molar-refractivity contribution < 1.29 is 0 Å². The van der Waals surface area contributed by atoms with Gasteiger partial charge >= 0.3 is 0 Å². The number of rotatable bonds is 5. The third-order valence-electron chi connectivity index (χ3n) is 3.40. The van der Waals surface area contributed by atoms with Crippen LogP contribution in [0.1, 0.15) is 16.7 Å². The van der Waals surface area contributed by atoms with Crippen LogP contribution in [0.2, 0.25) is 0 Å². The van der Waals surface area contributed by atoms with Crippen molar-refractivity contribution in [3.63, 3.8) is 0 Å². The summed E-state index contributed by atoms with van der Waals surface area (Å²) in [5.74, 6) is 0. The number of halogens is 1. The average molecular weight is 319 g/mol. The number of benzene rings is 1. The molecule has 19 heavy (non-hydrogen) atoms. The van der Waals surface area contributed by atoms with E-state index in [0.717, 1.165) is 18.3 Å². The van der Waals surface area contributed by atoms with Crippen molar-refractivity contribution in [3.8, 4) is 0 Å². The molecule has 3 heteroatoms. The molecule has 0 amide bonds. The third kappa shape index (κ3) is 3.80. The highest BCUT2D eigenvalue weighted by atomic mass is 79.9. The minimum Gasteiger partial charge on any atom is -0.374 e. The first-order valence-electron chi connectivity index (χ1n) is 6.46. The van der Waals surface area contributed by atoms with Gasteiger partial charge < -0.3 is 4.90 Å². The van der Waals surface area contributed by atoms with Crippen molar-refractivity contribution in [1.29, 1.82) is 0 Å². The maximum absolute atomic E-state index is 4.04. The SMILES string of the molecule is Cc1cc(N(C)CCc2ccncc2)ccc1CBr. The first-order valence-corrected chi connectivity index (χ1v) is 7.58. The van der Waals surface area contributed by atoms with Crippen molar-refractivity contribution in [3.05, 3.63) is 59.4 Å².